The number of anilines is 1. The van der Waals surface area contributed by atoms with E-state index in [0.29, 0.717) is 13.0 Å². The van der Waals surface area contributed by atoms with Crippen molar-refractivity contribution in [2.24, 2.45) is 5.92 Å². The molecule has 0 radical (unpaired) electrons. The Morgan fingerprint density at radius 3 is 3.07 bits per heavy atom. The molecule has 2 rings (SSSR count). The largest absolute Gasteiger partial charge is 0.309 e. The molecule has 0 saturated carbocycles. The molecular formula is C11H9IN2O. The second-order valence-corrected chi connectivity index (χ2v) is 4.56. The summed E-state index contributed by atoms with van der Waals surface area (Å²) < 4.78 is 1.02. The Morgan fingerprint density at radius 1 is 1.67 bits per heavy atom. The first-order valence-electron chi connectivity index (χ1n) is 4.58. The summed E-state index contributed by atoms with van der Waals surface area (Å²) >= 11 is 2.19. The number of carbonyl (C=O) groups is 1. The number of carbonyl (C=O) groups excluding carboxylic acids is 1. The molecule has 0 aromatic carbocycles. The molecule has 1 amide bonds. The van der Waals surface area contributed by atoms with Gasteiger partial charge >= 0.3 is 0 Å². The van der Waals surface area contributed by atoms with Crippen LogP contribution < -0.4 is 4.90 Å². The van der Waals surface area contributed by atoms with Crippen LogP contribution in [0.25, 0.3) is 0 Å². The van der Waals surface area contributed by atoms with Gasteiger partial charge in [0.1, 0.15) is 0 Å². The lowest BCUT2D eigenvalue weighted by molar-refractivity contribution is -0.117. The summed E-state index contributed by atoms with van der Waals surface area (Å²) in [5.41, 5.74) is 0.862. The van der Waals surface area contributed by atoms with Gasteiger partial charge in [0.2, 0.25) is 5.91 Å². The molecule has 1 unspecified atom stereocenters. The third-order valence-electron chi connectivity index (χ3n) is 2.40. The zero-order chi connectivity index (χ0) is 10.8. The van der Waals surface area contributed by atoms with E-state index in [9.17, 15) is 4.79 Å². The minimum absolute atomic E-state index is 0.0357. The maximum Gasteiger partial charge on any atom is 0.228 e. The fourth-order valence-corrected chi connectivity index (χ4v) is 2.21. The number of amides is 1. The van der Waals surface area contributed by atoms with Crippen LogP contribution in [0.3, 0.4) is 0 Å². The molecule has 1 atom stereocenters. The van der Waals surface area contributed by atoms with Gasteiger partial charge in [0.05, 0.1) is 11.9 Å². The van der Waals surface area contributed by atoms with Gasteiger partial charge in [-0.1, -0.05) is 0 Å². The molecule has 15 heavy (non-hydrogen) atoms. The topological polar surface area (TPSA) is 33.2 Å². The average molecular weight is 312 g/mol. The van der Waals surface area contributed by atoms with Crippen LogP contribution >= 0.6 is 22.6 Å². The van der Waals surface area contributed by atoms with Crippen molar-refractivity contribution in [1.29, 1.82) is 0 Å². The predicted molar refractivity (Wildman–Crippen MR) is 66.2 cm³/mol. The van der Waals surface area contributed by atoms with E-state index >= 15 is 0 Å². The van der Waals surface area contributed by atoms with Crippen molar-refractivity contribution in [3.63, 3.8) is 0 Å². The van der Waals surface area contributed by atoms with E-state index in [1.54, 1.807) is 17.3 Å². The van der Waals surface area contributed by atoms with E-state index in [4.69, 9.17) is 6.42 Å². The summed E-state index contributed by atoms with van der Waals surface area (Å²) in [6, 6.07) is 1.88. The molecule has 1 aromatic heterocycles. The lowest BCUT2D eigenvalue weighted by atomic mass is 10.1. The molecule has 4 heteroatoms. The molecule has 0 bridgehead atoms. The van der Waals surface area contributed by atoms with Gasteiger partial charge in [-0.15, -0.1) is 12.3 Å². The van der Waals surface area contributed by atoms with Crippen molar-refractivity contribution in [2.75, 3.05) is 11.4 Å². The number of pyridine rings is 1. The first kappa shape index (κ1) is 10.4. The highest BCUT2D eigenvalue weighted by molar-refractivity contribution is 14.1. The lowest BCUT2D eigenvalue weighted by Gasteiger charge is -2.16. The maximum absolute atomic E-state index is 11.7. The fourth-order valence-electron chi connectivity index (χ4n) is 1.62. The average Bonchev–Trinajstić information content (AvgIpc) is 2.60. The number of hydrogen-bond acceptors (Lipinski definition) is 2. The SMILES string of the molecule is C#CC1CC(=O)N(c2cnccc2I)C1. The molecule has 0 aliphatic carbocycles. The number of terminal acetylenes is 1. The Labute approximate surface area is 102 Å². The smallest absolute Gasteiger partial charge is 0.228 e. The van der Waals surface area contributed by atoms with Crippen LogP contribution in [0.2, 0.25) is 0 Å². The van der Waals surface area contributed by atoms with Crippen LogP contribution in [-0.2, 0) is 4.79 Å². The zero-order valence-electron chi connectivity index (χ0n) is 7.98. The van der Waals surface area contributed by atoms with Crippen molar-refractivity contribution < 1.29 is 4.79 Å². The molecule has 1 fully saturated rings. The summed E-state index contributed by atoms with van der Waals surface area (Å²) in [7, 11) is 0. The third kappa shape index (κ3) is 1.97. The fraction of sp³-hybridized carbons (Fsp3) is 0.273. The lowest BCUT2D eigenvalue weighted by Crippen LogP contribution is -2.25. The first-order valence-corrected chi connectivity index (χ1v) is 5.66. The van der Waals surface area contributed by atoms with Gasteiger partial charge in [0.25, 0.3) is 0 Å². The van der Waals surface area contributed by atoms with Gasteiger partial charge < -0.3 is 4.90 Å². The van der Waals surface area contributed by atoms with Gasteiger partial charge in [-0.25, -0.2) is 0 Å². The van der Waals surface area contributed by atoms with Gasteiger partial charge in [0, 0.05) is 28.7 Å². The Balaban J connectivity index is 2.30. The molecule has 0 N–H and O–H groups in total. The second-order valence-electron chi connectivity index (χ2n) is 3.40. The molecule has 1 aliphatic rings. The normalized spacial score (nSPS) is 20.4. The summed E-state index contributed by atoms with van der Waals surface area (Å²) in [4.78, 5) is 17.4. The number of hydrogen-bond donors (Lipinski definition) is 0. The molecule has 3 nitrogen and oxygen atoms in total. The van der Waals surface area contributed by atoms with Gasteiger partial charge in [-0.2, -0.15) is 0 Å². The Hall–Kier alpha value is -1.09. The number of halogens is 1. The van der Waals surface area contributed by atoms with Crippen molar-refractivity contribution >= 4 is 34.2 Å². The van der Waals surface area contributed by atoms with Crippen LogP contribution in [0.5, 0.6) is 0 Å². The Bertz CT molecular complexity index is 438. The summed E-state index contributed by atoms with van der Waals surface area (Å²) in [5, 5.41) is 0. The summed E-state index contributed by atoms with van der Waals surface area (Å²) in [5.74, 6) is 2.75. The number of aromatic nitrogens is 1. The number of rotatable bonds is 1. The van der Waals surface area contributed by atoms with E-state index < -0.39 is 0 Å². The highest BCUT2D eigenvalue weighted by Crippen LogP contribution is 2.27. The van der Waals surface area contributed by atoms with E-state index in [1.165, 1.54) is 0 Å². The maximum atomic E-state index is 11.7. The Morgan fingerprint density at radius 2 is 2.47 bits per heavy atom. The van der Waals surface area contributed by atoms with Crippen molar-refractivity contribution in [1.82, 2.24) is 4.98 Å². The Kier molecular flexibility index (Phi) is 2.91. The second kappa shape index (κ2) is 4.19. The predicted octanol–water partition coefficient (Wildman–Crippen LogP) is 1.67. The highest BCUT2D eigenvalue weighted by atomic mass is 127. The van der Waals surface area contributed by atoms with Crippen molar-refractivity contribution in [3.8, 4) is 12.3 Å². The van der Waals surface area contributed by atoms with Crippen LogP contribution in [0.4, 0.5) is 5.69 Å². The van der Waals surface area contributed by atoms with Crippen LogP contribution in [0.15, 0.2) is 18.5 Å². The van der Waals surface area contributed by atoms with Gasteiger partial charge in [0.15, 0.2) is 0 Å². The molecule has 0 spiro atoms. The summed E-state index contributed by atoms with van der Waals surface area (Å²) in [6.45, 7) is 0.608. The van der Waals surface area contributed by atoms with Crippen LogP contribution in [-0.4, -0.2) is 17.4 Å². The quantitative estimate of drug-likeness (QED) is 0.584. The molecule has 1 saturated heterocycles. The molecule has 1 aliphatic heterocycles. The van der Waals surface area contributed by atoms with Crippen LogP contribution in [0, 0.1) is 21.8 Å². The monoisotopic (exact) mass is 312 g/mol. The van der Waals surface area contributed by atoms with Crippen LogP contribution in [0.1, 0.15) is 6.42 Å². The third-order valence-corrected chi connectivity index (χ3v) is 3.31. The highest BCUT2D eigenvalue weighted by Gasteiger charge is 2.30. The molecule has 76 valence electrons. The van der Waals surface area contributed by atoms with Gasteiger partial charge in [-0.3, -0.25) is 9.78 Å². The van der Waals surface area contributed by atoms with Gasteiger partial charge in [-0.05, 0) is 28.7 Å². The first-order chi connectivity index (χ1) is 7.22. The van der Waals surface area contributed by atoms with E-state index in [-0.39, 0.29) is 11.8 Å². The van der Waals surface area contributed by atoms with Crippen molar-refractivity contribution in [2.45, 2.75) is 6.42 Å². The van der Waals surface area contributed by atoms with Crippen molar-refractivity contribution in [3.05, 3.63) is 22.0 Å². The molecule has 1 aromatic rings. The van der Waals surface area contributed by atoms with E-state index in [2.05, 4.69) is 33.5 Å². The summed E-state index contributed by atoms with van der Waals surface area (Å²) in [6.07, 6.45) is 9.19. The van der Waals surface area contributed by atoms with E-state index in [1.807, 2.05) is 6.07 Å². The minimum atomic E-state index is 0.0357. The standard InChI is InChI=1S/C11H9IN2O/c1-2-8-5-11(15)14(7-8)10-6-13-4-3-9(10)12/h1,3-4,6,8H,5,7H2. The van der Waals surface area contributed by atoms with E-state index in [0.717, 1.165) is 9.26 Å². The zero-order valence-corrected chi connectivity index (χ0v) is 10.1. The number of nitrogens with zero attached hydrogens (tertiary/aromatic N) is 2. The molecular weight excluding hydrogens is 303 g/mol. The minimum Gasteiger partial charge on any atom is -0.309 e. The molecule has 2 heterocycles.